The van der Waals surface area contributed by atoms with E-state index in [1.807, 2.05) is 19.1 Å². The summed E-state index contributed by atoms with van der Waals surface area (Å²) in [7, 11) is 0. The van der Waals surface area contributed by atoms with Crippen LogP contribution in [0.25, 0.3) is 0 Å². The van der Waals surface area contributed by atoms with Crippen molar-refractivity contribution in [2.24, 2.45) is 17.8 Å². The first-order valence-corrected chi connectivity index (χ1v) is 10.7. The van der Waals surface area contributed by atoms with Crippen LogP contribution in [0.5, 0.6) is 0 Å². The van der Waals surface area contributed by atoms with Crippen LogP contribution in [0.4, 0.5) is 10.2 Å². The third-order valence-electron chi connectivity index (χ3n) is 6.93. The molecule has 1 amide bonds. The summed E-state index contributed by atoms with van der Waals surface area (Å²) >= 11 is 0. The van der Waals surface area contributed by atoms with Crippen molar-refractivity contribution in [2.75, 3.05) is 24.5 Å². The topological polar surface area (TPSA) is 49.3 Å². The molecule has 0 spiro atoms. The number of rotatable bonds is 3. The minimum absolute atomic E-state index is 0.0586. The second-order valence-electron chi connectivity index (χ2n) is 8.76. The Morgan fingerprint density at radius 3 is 2.72 bits per heavy atom. The van der Waals surface area contributed by atoms with Crippen LogP contribution in [-0.4, -0.2) is 40.4 Å². The van der Waals surface area contributed by atoms with Crippen LogP contribution >= 0.6 is 0 Å². The van der Waals surface area contributed by atoms with Crippen LogP contribution in [0.3, 0.4) is 0 Å². The first-order valence-electron chi connectivity index (χ1n) is 10.7. The fourth-order valence-corrected chi connectivity index (χ4v) is 5.60. The van der Waals surface area contributed by atoms with E-state index in [9.17, 15) is 9.18 Å². The van der Waals surface area contributed by atoms with E-state index in [4.69, 9.17) is 0 Å². The first kappa shape index (κ1) is 18.5. The zero-order chi connectivity index (χ0) is 20.0. The number of fused-ring (bicyclic) bond motifs is 1. The second kappa shape index (κ2) is 7.39. The lowest BCUT2D eigenvalue weighted by molar-refractivity contribution is -0.136. The van der Waals surface area contributed by atoms with E-state index in [2.05, 4.69) is 19.8 Å². The SMILES string of the molecule is Cc1nccc(N2C[C@H]3CN(C(=O)C4CCCC4)[C@@H](c4cccc(F)c4)[C@H]3C2)n1. The maximum absolute atomic E-state index is 14.0. The van der Waals surface area contributed by atoms with Gasteiger partial charge in [0.25, 0.3) is 0 Å². The molecule has 1 aromatic heterocycles. The molecule has 29 heavy (non-hydrogen) atoms. The fourth-order valence-electron chi connectivity index (χ4n) is 5.60. The van der Waals surface area contributed by atoms with Gasteiger partial charge in [-0.3, -0.25) is 4.79 Å². The second-order valence-corrected chi connectivity index (χ2v) is 8.76. The van der Waals surface area contributed by atoms with Crippen LogP contribution < -0.4 is 4.90 Å². The van der Waals surface area contributed by atoms with Crippen molar-refractivity contribution in [3.63, 3.8) is 0 Å². The molecule has 1 aliphatic carbocycles. The highest BCUT2D eigenvalue weighted by Gasteiger charge is 2.50. The quantitative estimate of drug-likeness (QED) is 0.796. The van der Waals surface area contributed by atoms with Gasteiger partial charge in [-0.15, -0.1) is 0 Å². The Labute approximate surface area is 171 Å². The molecule has 152 valence electrons. The van der Waals surface area contributed by atoms with Gasteiger partial charge in [-0.25, -0.2) is 14.4 Å². The molecule has 1 saturated carbocycles. The van der Waals surface area contributed by atoms with Gasteiger partial charge < -0.3 is 9.80 Å². The molecular weight excluding hydrogens is 367 g/mol. The van der Waals surface area contributed by atoms with Crippen LogP contribution in [0.2, 0.25) is 0 Å². The number of benzene rings is 1. The summed E-state index contributed by atoms with van der Waals surface area (Å²) in [5, 5.41) is 0. The third kappa shape index (κ3) is 3.38. The Hall–Kier alpha value is -2.50. The van der Waals surface area contributed by atoms with Crippen molar-refractivity contribution in [2.45, 2.75) is 38.6 Å². The summed E-state index contributed by atoms with van der Waals surface area (Å²) in [6, 6.07) is 8.71. The van der Waals surface area contributed by atoms with E-state index in [1.54, 1.807) is 18.3 Å². The molecule has 2 saturated heterocycles. The molecule has 3 heterocycles. The van der Waals surface area contributed by atoms with Crippen molar-refractivity contribution in [3.8, 4) is 0 Å². The Balaban J connectivity index is 1.45. The number of aryl methyl sites for hydroxylation is 1. The molecule has 0 bridgehead atoms. The number of amides is 1. The van der Waals surface area contributed by atoms with Crippen molar-refractivity contribution in [1.29, 1.82) is 0 Å². The number of aromatic nitrogens is 2. The molecular formula is C23H27FN4O. The Morgan fingerprint density at radius 1 is 1.14 bits per heavy atom. The van der Waals surface area contributed by atoms with Gasteiger partial charge in [-0.2, -0.15) is 0 Å². The lowest BCUT2D eigenvalue weighted by Crippen LogP contribution is -2.38. The van der Waals surface area contributed by atoms with Gasteiger partial charge in [0.2, 0.25) is 5.91 Å². The largest absolute Gasteiger partial charge is 0.356 e. The van der Waals surface area contributed by atoms with E-state index < -0.39 is 0 Å². The van der Waals surface area contributed by atoms with E-state index in [0.717, 1.165) is 62.5 Å². The first-order chi connectivity index (χ1) is 14.1. The van der Waals surface area contributed by atoms with E-state index in [-0.39, 0.29) is 29.6 Å². The molecule has 2 aliphatic heterocycles. The molecule has 2 aromatic rings. The highest BCUT2D eigenvalue weighted by Crippen LogP contribution is 2.47. The summed E-state index contributed by atoms with van der Waals surface area (Å²) < 4.78 is 14.0. The fraction of sp³-hybridized carbons (Fsp3) is 0.522. The molecule has 6 heteroatoms. The molecule has 0 N–H and O–H groups in total. The number of nitrogens with zero attached hydrogens (tertiary/aromatic N) is 4. The Kier molecular flexibility index (Phi) is 4.72. The average Bonchev–Trinajstić information content (AvgIpc) is 3.43. The molecule has 0 radical (unpaired) electrons. The van der Waals surface area contributed by atoms with Gasteiger partial charge in [0.05, 0.1) is 6.04 Å². The smallest absolute Gasteiger partial charge is 0.226 e. The predicted octanol–water partition coefficient (Wildman–Crippen LogP) is 3.75. The van der Waals surface area contributed by atoms with Gasteiger partial charge >= 0.3 is 0 Å². The average molecular weight is 394 g/mol. The van der Waals surface area contributed by atoms with Gasteiger partial charge in [0.1, 0.15) is 17.5 Å². The standard InChI is InChI=1S/C23H27FN4O/c1-15-25-10-9-21(26-15)27-12-18-13-28(23(29)16-5-2-3-6-16)22(20(18)14-27)17-7-4-8-19(24)11-17/h4,7-11,16,18,20,22H,2-3,5-6,12-14H2,1H3/t18-,20-,22-/m0/s1. The van der Waals surface area contributed by atoms with Crippen molar-refractivity contribution in [3.05, 3.63) is 53.7 Å². The highest BCUT2D eigenvalue weighted by atomic mass is 19.1. The maximum Gasteiger partial charge on any atom is 0.226 e. The summed E-state index contributed by atoms with van der Waals surface area (Å²) in [4.78, 5) is 26.5. The molecule has 5 nitrogen and oxygen atoms in total. The van der Waals surface area contributed by atoms with Crippen LogP contribution in [0.1, 0.15) is 43.1 Å². The zero-order valence-electron chi connectivity index (χ0n) is 16.8. The number of hydrogen-bond acceptors (Lipinski definition) is 4. The van der Waals surface area contributed by atoms with Gasteiger partial charge in [0, 0.05) is 43.6 Å². The van der Waals surface area contributed by atoms with Crippen molar-refractivity contribution >= 4 is 11.7 Å². The maximum atomic E-state index is 14.0. The van der Waals surface area contributed by atoms with Crippen molar-refractivity contribution in [1.82, 2.24) is 14.9 Å². The number of carbonyl (C=O) groups is 1. The molecule has 3 aliphatic rings. The predicted molar refractivity (Wildman–Crippen MR) is 109 cm³/mol. The highest BCUT2D eigenvalue weighted by molar-refractivity contribution is 5.80. The Bertz CT molecular complexity index is 913. The van der Waals surface area contributed by atoms with Crippen LogP contribution in [-0.2, 0) is 4.79 Å². The third-order valence-corrected chi connectivity index (χ3v) is 6.93. The minimum Gasteiger partial charge on any atom is -0.356 e. The van der Waals surface area contributed by atoms with E-state index in [0.29, 0.717) is 5.92 Å². The molecule has 0 unspecified atom stereocenters. The van der Waals surface area contributed by atoms with E-state index >= 15 is 0 Å². The summed E-state index contributed by atoms with van der Waals surface area (Å²) in [6.07, 6.45) is 6.07. The molecule has 3 atom stereocenters. The lowest BCUT2D eigenvalue weighted by atomic mass is 9.89. The summed E-state index contributed by atoms with van der Waals surface area (Å²) in [5.41, 5.74) is 0.921. The van der Waals surface area contributed by atoms with Crippen molar-refractivity contribution < 1.29 is 9.18 Å². The normalized spacial score (nSPS) is 26.9. The van der Waals surface area contributed by atoms with Gasteiger partial charge in [-0.05, 0) is 43.5 Å². The number of likely N-dealkylation sites (tertiary alicyclic amines) is 1. The molecule has 1 aromatic carbocycles. The zero-order valence-corrected chi connectivity index (χ0v) is 16.8. The van der Waals surface area contributed by atoms with Crippen LogP contribution in [0.15, 0.2) is 36.5 Å². The Morgan fingerprint density at radius 2 is 1.97 bits per heavy atom. The number of halogens is 1. The number of carbonyl (C=O) groups excluding carboxylic acids is 1. The monoisotopic (exact) mass is 394 g/mol. The molecule has 5 rings (SSSR count). The number of anilines is 1. The van der Waals surface area contributed by atoms with Crippen LogP contribution in [0, 0.1) is 30.5 Å². The summed E-state index contributed by atoms with van der Waals surface area (Å²) in [6.45, 7) is 4.36. The van der Waals surface area contributed by atoms with E-state index in [1.165, 1.54) is 6.07 Å². The number of hydrogen-bond donors (Lipinski definition) is 0. The minimum atomic E-state index is -0.236. The summed E-state index contributed by atoms with van der Waals surface area (Å²) in [5.74, 6) is 2.56. The van der Waals surface area contributed by atoms with Gasteiger partial charge in [0.15, 0.2) is 0 Å². The van der Waals surface area contributed by atoms with Gasteiger partial charge in [-0.1, -0.05) is 25.0 Å². The molecule has 3 fully saturated rings. The lowest BCUT2D eigenvalue weighted by Gasteiger charge is -2.32.